The van der Waals surface area contributed by atoms with Gasteiger partial charge in [-0.1, -0.05) is 38.8 Å². The van der Waals surface area contributed by atoms with Gasteiger partial charge in [0.25, 0.3) is 5.91 Å². The van der Waals surface area contributed by atoms with Crippen LogP contribution in [0.15, 0.2) is 53.5 Å². The maximum atomic E-state index is 12.6. The van der Waals surface area contributed by atoms with E-state index in [1.54, 1.807) is 30.3 Å². The van der Waals surface area contributed by atoms with Crippen LogP contribution in [0.2, 0.25) is 0 Å². The van der Waals surface area contributed by atoms with E-state index in [4.69, 9.17) is 5.41 Å². The number of hydrogen-bond acceptors (Lipinski definition) is 5. The second-order valence-corrected chi connectivity index (χ2v) is 8.62. The number of nitrogens with zero attached hydrogens (tertiary/aromatic N) is 3. The summed E-state index contributed by atoms with van der Waals surface area (Å²) in [5, 5.41) is 23.3. The number of amidine groups is 1. The molecule has 2 heterocycles. The minimum Gasteiger partial charge on any atom is -0.515 e. The molecule has 3 rings (SSSR count). The lowest BCUT2D eigenvalue weighted by molar-refractivity contribution is -0.112. The van der Waals surface area contributed by atoms with Gasteiger partial charge in [0.15, 0.2) is 5.84 Å². The molecular weight excluding hydrogens is 483 g/mol. The Balaban J connectivity index is 0.000000682. The minimum absolute atomic E-state index is 0.287. The van der Waals surface area contributed by atoms with Crippen molar-refractivity contribution in [3.63, 3.8) is 0 Å². The molecule has 0 atom stereocenters. The molecule has 0 aliphatic carbocycles. The van der Waals surface area contributed by atoms with Crippen LogP contribution in [0.4, 0.5) is 15.8 Å². The number of hydrogen-bond donors (Lipinski definition) is 4. The van der Waals surface area contributed by atoms with Crippen LogP contribution in [0.5, 0.6) is 0 Å². The Morgan fingerprint density at radius 2 is 1.84 bits per heavy atom. The van der Waals surface area contributed by atoms with Gasteiger partial charge in [-0.25, -0.2) is 4.99 Å². The summed E-state index contributed by atoms with van der Waals surface area (Å²) in [6.45, 7) is 9.92. The van der Waals surface area contributed by atoms with E-state index in [9.17, 15) is 14.3 Å². The van der Waals surface area contributed by atoms with Crippen molar-refractivity contribution in [2.24, 2.45) is 4.99 Å². The predicted octanol–water partition coefficient (Wildman–Crippen LogP) is 5.91. The quantitative estimate of drug-likeness (QED) is 0.155. The molecular formula is C29H43FN6O2. The van der Waals surface area contributed by atoms with Crippen molar-refractivity contribution in [3.05, 3.63) is 65.2 Å². The molecule has 1 aromatic carbocycles. The predicted molar refractivity (Wildman–Crippen MR) is 156 cm³/mol. The summed E-state index contributed by atoms with van der Waals surface area (Å²) >= 11 is 0. The molecule has 1 aliphatic heterocycles. The monoisotopic (exact) mass is 526 g/mol. The van der Waals surface area contributed by atoms with Crippen molar-refractivity contribution >= 4 is 29.5 Å². The van der Waals surface area contributed by atoms with E-state index in [0.717, 1.165) is 22.4 Å². The van der Waals surface area contributed by atoms with E-state index in [-0.39, 0.29) is 5.57 Å². The highest BCUT2D eigenvalue weighted by molar-refractivity contribution is 6.24. The summed E-state index contributed by atoms with van der Waals surface area (Å²) in [6.07, 6.45) is 11.0. The van der Waals surface area contributed by atoms with Crippen molar-refractivity contribution < 1.29 is 14.3 Å². The number of benzene rings is 1. The summed E-state index contributed by atoms with van der Waals surface area (Å²) in [4.78, 5) is 21.9. The second-order valence-electron chi connectivity index (χ2n) is 8.62. The standard InChI is InChI=1S/C21H24FN5O2.C6H13N.C2H6/c1-14-9-16(6-7-22)10-15(2)19(14)27(3)13-25-20(23)18(12-28)21(29)26-17-5-4-8-24-11-17;1-2-4-6-7-5-3-1;1-2/h4-5,8-13,23,28H,6-7H2,1-3H3,(H,26,29);7H,1-6H2;1-2H3/b18-12-,23-20?,25-13?;;. The molecule has 0 spiro atoms. The first kappa shape index (κ1) is 32.4. The van der Waals surface area contributed by atoms with E-state index in [1.165, 1.54) is 51.3 Å². The zero-order chi connectivity index (χ0) is 28.3. The highest BCUT2D eigenvalue weighted by Gasteiger charge is 2.16. The third-order valence-electron chi connectivity index (χ3n) is 5.65. The number of rotatable bonds is 7. The molecule has 0 radical (unpaired) electrons. The van der Waals surface area contributed by atoms with Crippen molar-refractivity contribution in [1.82, 2.24) is 10.3 Å². The Kier molecular flexibility index (Phi) is 15.9. The normalized spacial score (nSPS) is 13.4. The fraction of sp³-hybridized carbons (Fsp3) is 0.448. The van der Waals surface area contributed by atoms with Crippen LogP contribution in [-0.4, -0.2) is 55.0 Å². The summed E-state index contributed by atoms with van der Waals surface area (Å²) in [7, 11) is 1.76. The number of anilines is 2. The first-order valence-electron chi connectivity index (χ1n) is 13.2. The van der Waals surface area contributed by atoms with Gasteiger partial charge in [-0.15, -0.1) is 0 Å². The average molecular weight is 527 g/mol. The molecule has 0 bridgehead atoms. The van der Waals surface area contributed by atoms with E-state index in [2.05, 4.69) is 20.6 Å². The van der Waals surface area contributed by atoms with Gasteiger partial charge in [0.2, 0.25) is 0 Å². The average Bonchev–Trinajstić information content (AvgIpc) is 3.23. The number of aliphatic imine (C=N–C) groups is 1. The van der Waals surface area contributed by atoms with Crippen molar-refractivity contribution in [2.45, 2.75) is 59.8 Å². The van der Waals surface area contributed by atoms with Crippen molar-refractivity contribution in [2.75, 3.05) is 37.0 Å². The van der Waals surface area contributed by atoms with Gasteiger partial charge < -0.3 is 20.6 Å². The lowest BCUT2D eigenvalue weighted by Gasteiger charge is -2.20. The molecule has 1 saturated heterocycles. The van der Waals surface area contributed by atoms with Crippen LogP contribution in [0.25, 0.3) is 0 Å². The van der Waals surface area contributed by atoms with Crippen LogP contribution in [0.3, 0.4) is 0 Å². The number of aromatic nitrogens is 1. The Bertz CT molecular complexity index is 1010. The molecule has 208 valence electrons. The Hall–Kier alpha value is -3.59. The lowest BCUT2D eigenvalue weighted by Crippen LogP contribution is -2.22. The number of aliphatic hydroxyl groups is 1. The number of halogens is 1. The molecule has 9 heteroatoms. The fourth-order valence-corrected chi connectivity index (χ4v) is 3.97. The number of alkyl halides is 1. The number of aryl methyl sites for hydroxylation is 3. The number of amides is 1. The van der Waals surface area contributed by atoms with Gasteiger partial charge in [0.1, 0.15) is 5.57 Å². The van der Waals surface area contributed by atoms with Crippen LogP contribution in [-0.2, 0) is 11.2 Å². The van der Waals surface area contributed by atoms with Gasteiger partial charge in [-0.05, 0) is 68.6 Å². The Labute approximate surface area is 226 Å². The Morgan fingerprint density at radius 1 is 1.21 bits per heavy atom. The number of nitrogens with one attached hydrogen (secondary N) is 3. The highest BCUT2D eigenvalue weighted by atomic mass is 19.1. The summed E-state index contributed by atoms with van der Waals surface area (Å²) in [5.41, 5.74) is 3.83. The molecule has 8 nitrogen and oxygen atoms in total. The van der Waals surface area contributed by atoms with E-state index in [0.29, 0.717) is 18.4 Å². The van der Waals surface area contributed by atoms with Crippen LogP contribution >= 0.6 is 0 Å². The molecule has 2 aromatic rings. The largest absolute Gasteiger partial charge is 0.515 e. The van der Waals surface area contributed by atoms with Crippen LogP contribution < -0.4 is 15.5 Å². The maximum Gasteiger partial charge on any atom is 0.262 e. The number of pyridine rings is 1. The first-order valence-corrected chi connectivity index (χ1v) is 13.2. The zero-order valence-corrected chi connectivity index (χ0v) is 23.4. The third kappa shape index (κ3) is 11.2. The van der Waals surface area contributed by atoms with Gasteiger partial charge in [0.05, 0.1) is 31.2 Å². The lowest BCUT2D eigenvalue weighted by atomic mass is 10.0. The van der Waals surface area contributed by atoms with Gasteiger partial charge in [-0.3, -0.25) is 19.6 Å². The maximum absolute atomic E-state index is 12.6. The first-order chi connectivity index (χ1) is 18.4. The summed E-state index contributed by atoms with van der Waals surface area (Å²) in [6, 6.07) is 7.12. The molecule has 1 aliphatic rings. The van der Waals surface area contributed by atoms with Gasteiger partial charge >= 0.3 is 0 Å². The Morgan fingerprint density at radius 3 is 2.37 bits per heavy atom. The van der Waals surface area contributed by atoms with Crippen LogP contribution in [0.1, 0.15) is 56.2 Å². The smallest absolute Gasteiger partial charge is 0.262 e. The third-order valence-corrected chi connectivity index (χ3v) is 5.65. The molecule has 0 unspecified atom stereocenters. The van der Waals surface area contributed by atoms with Crippen molar-refractivity contribution in [1.29, 1.82) is 5.41 Å². The van der Waals surface area contributed by atoms with E-state index < -0.39 is 18.4 Å². The number of carbonyl (C=O) groups is 1. The van der Waals surface area contributed by atoms with Crippen LogP contribution in [0, 0.1) is 19.3 Å². The molecule has 0 saturated carbocycles. The zero-order valence-electron chi connectivity index (χ0n) is 23.4. The number of carbonyl (C=O) groups excluding carboxylic acids is 1. The molecule has 1 aromatic heterocycles. The van der Waals surface area contributed by atoms with E-state index in [1.807, 2.05) is 39.8 Å². The second kappa shape index (κ2) is 18.6. The summed E-state index contributed by atoms with van der Waals surface area (Å²) in [5.74, 6) is -1.07. The van der Waals surface area contributed by atoms with E-state index >= 15 is 0 Å². The summed E-state index contributed by atoms with van der Waals surface area (Å²) < 4.78 is 12.6. The number of aliphatic hydroxyl groups excluding tert-OH is 1. The molecule has 38 heavy (non-hydrogen) atoms. The van der Waals surface area contributed by atoms with Gasteiger partial charge in [0, 0.05) is 25.4 Å². The fourth-order valence-electron chi connectivity index (χ4n) is 3.97. The topological polar surface area (TPSA) is 114 Å². The van der Waals surface area contributed by atoms with Crippen molar-refractivity contribution in [3.8, 4) is 0 Å². The SMILES string of the molecule is C1CCCNCC1.CC.Cc1cc(CCF)cc(C)c1N(C)C=NC(=N)/C(=C/O)C(=O)Nc1cccnc1. The molecule has 1 fully saturated rings. The molecule has 1 amide bonds. The molecule has 4 N–H and O–H groups in total. The minimum atomic E-state index is -0.673. The van der Waals surface area contributed by atoms with Gasteiger partial charge in [-0.2, -0.15) is 0 Å². The highest BCUT2D eigenvalue weighted by Crippen LogP contribution is 2.25.